The number of hydrogen-bond acceptors (Lipinski definition) is 3. The van der Waals surface area contributed by atoms with E-state index in [2.05, 4.69) is 15.2 Å². The first kappa shape index (κ1) is 13.6. The van der Waals surface area contributed by atoms with Crippen molar-refractivity contribution < 1.29 is 4.79 Å². The molecule has 0 unspecified atom stereocenters. The molecule has 110 valence electrons. The molecule has 1 N–H and O–H groups in total. The van der Waals surface area contributed by atoms with Crippen LogP contribution in [0.15, 0.2) is 0 Å². The van der Waals surface area contributed by atoms with Gasteiger partial charge in [-0.3, -0.25) is 9.89 Å². The van der Waals surface area contributed by atoms with Gasteiger partial charge in [0.15, 0.2) is 0 Å². The first-order chi connectivity index (χ1) is 9.78. The third kappa shape index (κ3) is 3.02. The molecule has 3 rings (SSSR count). The zero-order chi connectivity index (χ0) is 13.9. The molecule has 1 heterocycles. The number of carbonyl (C=O) groups excluding carboxylic acids is 1. The zero-order valence-corrected chi connectivity index (χ0v) is 12.3. The minimum Gasteiger partial charge on any atom is -0.333 e. The Morgan fingerprint density at radius 3 is 2.60 bits per heavy atom. The molecule has 1 amide bonds. The quantitative estimate of drug-likeness (QED) is 0.899. The van der Waals surface area contributed by atoms with E-state index in [-0.39, 0.29) is 5.91 Å². The van der Waals surface area contributed by atoms with Crippen molar-refractivity contribution in [3.05, 3.63) is 11.6 Å². The molecule has 5 heteroatoms. The van der Waals surface area contributed by atoms with Gasteiger partial charge >= 0.3 is 0 Å². The summed E-state index contributed by atoms with van der Waals surface area (Å²) >= 11 is 0. The summed E-state index contributed by atoms with van der Waals surface area (Å²) in [5.74, 6) is 1.85. The minimum absolute atomic E-state index is 0.0222. The van der Waals surface area contributed by atoms with Crippen molar-refractivity contribution >= 4 is 5.91 Å². The van der Waals surface area contributed by atoms with Gasteiger partial charge in [0.05, 0.1) is 0 Å². The van der Waals surface area contributed by atoms with Crippen LogP contribution < -0.4 is 0 Å². The monoisotopic (exact) mass is 276 g/mol. The Morgan fingerprint density at radius 1 is 1.25 bits per heavy atom. The summed E-state index contributed by atoms with van der Waals surface area (Å²) < 4.78 is 0. The largest absolute Gasteiger partial charge is 0.333 e. The molecule has 1 aromatic rings. The van der Waals surface area contributed by atoms with Crippen molar-refractivity contribution in [2.24, 2.45) is 5.92 Å². The maximum Gasteiger partial charge on any atom is 0.293 e. The summed E-state index contributed by atoms with van der Waals surface area (Å²) in [5, 5.41) is 6.93. The second-order valence-electron chi connectivity index (χ2n) is 6.15. The molecule has 2 saturated carbocycles. The van der Waals surface area contributed by atoms with Gasteiger partial charge < -0.3 is 4.90 Å². The number of H-pyrrole nitrogens is 1. The molecule has 0 aromatic carbocycles. The number of aromatic amines is 1. The number of hydrogen-bond donors (Lipinski definition) is 1. The number of aryl methyl sites for hydroxylation is 1. The highest BCUT2D eigenvalue weighted by molar-refractivity contribution is 5.90. The molecule has 5 nitrogen and oxygen atoms in total. The summed E-state index contributed by atoms with van der Waals surface area (Å²) in [6.07, 6.45) is 9.60. The minimum atomic E-state index is 0.0222. The Bertz CT molecular complexity index is 460. The van der Waals surface area contributed by atoms with Crippen LogP contribution in [-0.4, -0.2) is 38.6 Å². The van der Waals surface area contributed by atoms with E-state index in [9.17, 15) is 4.79 Å². The normalized spacial score (nSPS) is 20.1. The first-order valence-corrected chi connectivity index (χ1v) is 8.00. The van der Waals surface area contributed by atoms with Gasteiger partial charge in [-0.2, -0.15) is 0 Å². The molecular formula is C15H24N4O. The summed E-state index contributed by atoms with van der Waals surface area (Å²) in [7, 11) is 0. The molecule has 0 radical (unpaired) electrons. The lowest BCUT2D eigenvalue weighted by molar-refractivity contribution is 0.0687. The molecule has 0 atom stereocenters. The van der Waals surface area contributed by atoms with Crippen LogP contribution in [0.25, 0.3) is 0 Å². The Balaban J connectivity index is 1.67. The van der Waals surface area contributed by atoms with Gasteiger partial charge in [-0.15, -0.1) is 5.10 Å². The summed E-state index contributed by atoms with van der Waals surface area (Å²) in [6, 6.07) is 0.438. The van der Waals surface area contributed by atoms with Crippen LogP contribution in [0.5, 0.6) is 0 Å². The summed E-state index contributed by atoms with van der Waals surface area (Å²) in [4.78, 5) is 18.9. The van der Waals surface area contributed by atoms with Crippen molar-refractivity contribution in [3.8, 4) is 0 Å². The lowest BCUT2D eigenvalue weighted by atomic mass is 9.89. The van der Waals surface area contributed by atoms with E-state index in [1.54, 1.807) is 0 Å². The molecule has 0 spiro atoms. The smallest absolute Gasteiger partial charge is 0.293 e. The molecule has 2 fully saturated rings. The van der Waals surface area contributed by atoms with Crippen LogP contribution in [0, 0.1) is 5.92 Å². The molecule has 0 saturated heterocycles. The van der Waals surface area contributed by atoms with Crippen molar-refractivity contribution in [3.63, 3.8) is 0 Å². The van der Waals surface area contributed by atoms with Gasteiger partial charge in [0.25, 0.3) is 5.91 Å². The summed E-state index contributed by atoms with van der Waals surface area (Å²) in [6.45, 7) is 2.91. The van der Waals surface area contributed by atoms with Gasteiger partial charge in [0.1, 0.15) is 5.82 Å². The van der Waals surface area contributed by atoms with Gasteiger partial charge in [0.2, 0.25) is 5.82 Å². The molecule has 2 aliphatic carbocycles. The molecule has 0 aliphatic heterocycles. The number of aromatic nitrogens is 3. The Labute approximate surface area is 120 Å². The standard InChI is InChI=1S/C15H24N4O/c1-2-13-16-14(18-17-13)15(20)19(12-8-9-12)10-11-6-4-3-5-7-11/h11-12H,2-10H2,1H3,(H,16,17,18). The lowest BCUT2D eigenvalue weighted by Crippen LogP contribution is -2.38. The maximum absolute atomic E-state index is 12.6. The van der Waals surface area contributed by atoms with Gasteiger partial charge in [-0.25, -0.2) is 4.98 Å². The molecule has 1 aromatic heterocycles. The second-order valence-corrected chi connectivity index (χ2v) is 6.15. The van der Waals surface area contributed by atoms with E-state index in [1.165, 1.54) is 32.1 Å². The van der Waals surface area contributed by atoms with Crippen LogP contribution in [0.3, 0.4) is 0 Å². The van der Waals surface area contributed by atoms with E-state index in [4.69, 9.17) is 0 Å². The van der Waals surface area contributed by atoms with E-state index >= 15 is 0 Å². The highest BCUT2D eigenvalue weighted by Crippen LogP contribution is 2.32. The second kappa shape index (κ2) is 5.94. The van der Waals surface area contributed by atoms with Gasteiger partial charge in [-0.05, 0) is 31.6 Å². The van der Waals surface area contributed by atoms with Crippen LogP contribution in [0.2, 0.25) is 0 Å². The SMILES string of the molecule is CCc1nc(C(=O)N(CC2CCCCC2)C2CC2)n[nH]1. The average molecular weight is 276 g/mol. The number of nitrogens with one attached hydrogen (secondary N) is 1. The van der Waals surface area contributed by atoms with Crippen LogP contribution in [0.1, 0.15) is 68.3 Å². The Hall–Kier alpha value is -1.39. The van der Waals surface area contributed by atoms with E-state index < -0.39 is 0 Å². The average Bonchev–Trinajstić information content (AvgIpc) is 3.21. The van der Waals surface area contributed by atoms with Crippen molar-refractivity contribution in [1.29, 1.82) is 0 Å². The van der Waals surface area contributed by atoms with Gasteiger partial charge in [0, 0.05) is 19.0 Å². The predicted octanol–water partition coefficient (Wildman–Crippen LogP) is 2.55. The lowest BCUT2D eigenvalue weighted by Gasteiger charge is -2.29. The molecule has 20 heavy (non-hydrogen) atoms. The third-order valence-corrected chi connectivity index (χ3v) is 4.49. The third-order valence-electron chi connectivity index (χ3n) is 4.49. The predicted molar refractivity (Wildman–Crippen MR) is 76.4 cm³/mol. The molecule has 2 aliphatic rings. The molecule has 0 bridgehead atoms. The molecular weight excluding hydrogens is 252 g/mol. The zero-order valence-electron chi connectivity index (χ0n) is 12.3. The number of amides is 1. The van der Waals surface area contributed by atoms with Crippen LogP contribution in [0.4, 0.5) is 0 Å². The van der Waals surface area contributed by atoms with E-state index in [0.717, 1.165) is 31.6 Å². The Morgan fingerprint density at radius 2 is 2.00 bits per heavy atom. The van der Waals surface area contributed by atoms with Crippen molar-refractivity contribution in [2.75, 3.05) is 6.54 Å². The van der Waals surface area contributed by atoms with E-state index in [0.29, 0.717) is 17.8 Å². The van der Waals surface area contributed by atoms with E-state index in [1.807, 2.05) is 11.8 Å². The van der Waals surface area contributed by atoms with Crippen molar-refractivity contribution in [2.45, 2.75) is 64.3 Å². The fourth-order valence-corrected chi connectivity index (χ4v) is 3.11. The Kier molecular flexibility index (Phi) is 4.03. The highest BCUT2D eigenvalue weighted by Gasteiger charge is 2.36. The van der Waals surface area contributed by atoms with Gasteiger partial charge in [-0.1, -0.05) is 26.2 Å². The fourth-order valence-electron chi connectivity index (χ4n) is 3.11. The number of nitrogens with zero attached hydrogens (tertiary/aromatic N) is 3. The topological polar surface area (TPSA) is 61.9 Å². The first-order valence-electron chi connectivity index (χ1n) is 8.00. The fraction of sp³-hybridized carbons (Fsp3) is 0.800. The van der Waals surface area contributed by atoms with Crippen molar-refractivity contribution in [1.82, 2.24) is 20.1 Å². The maximum atomic E-state index is 12.6. The number of carbonyl (C=O) groups is 1. The van der Waals surface area contributed by atoms with Crippen LogP contribution in [-0.2, 0) is 6.42 Å². The van der Waals surface area contributed by atoms with Crippen LogP contribution >= 0.6 is 0 Å². The highest BCUT2D eigenvalue weighted by atomic mass is 16.2. The summed E-state index contributed by atoms with van der Waals surface area (Å²) in [5.41, 5.74) is 0. The number of rotatable bonds is 5.